The molecule has 20 heavy (non-hydrogen) atoms. The zero-order valence-corrected chi connectivity index (χ0v) is 13.4. The first-order valence-electron chi connectivity index (χ1n) is 5.94. The average molecular weight is 371 g/mol. The molecule has 0 saturated heterocycles. The van der Waals surface area contributed by atoms with Crippen LogP contribution in [-0.2, 0) is 0 Å². The summed E-state index contributed by atoms with van der Waals surface area (Å²) in [5, 5.41) is 3.10. The lowest BCUT2D eigenvalue weighted by Gasteiger charge is -2.14. The summed E-state index contributed by atoms with van der Waals surface area (Å²) < 4.78 is 15.9. The Kier molecular flexibility index (Phi) is 3.82. The van der Waals surface area contributed by atoms with Gasteiger partial charge in [-0.2, -0.15) is 0 Å². The van der Waals surface area contributed by atoms with E-state index in [-0.39, 0.29) is 5.02 Å². The number of hydrogen-bond donors (Lipinski definition) is 1. The second kappa shape index (κ2) is 5.45. The maximum atomic E-state index is 14.3. The van der Waals surface area contributed by atoms with Gasteiger partial charge in [0.2, 0.25) is 0 Å². The highest BCUT2D eigenvalue weighted by atomic mass is 79.9. The molecule has 3 aromatic rings. The van der Waals surface area contributed by atoms with Crippen LogP contribution in [0.3, 0.4) is 0 Å². The van der Waals surface area contributed by atoms with Crippen LogP contribution in [0.5, 0.6) is 0 Å². The van der Waals surface area contributed by atoms with Crippen molar-refractivity contribution in [3.8, 4) is 0 Å². The van der Waals surface area contributed by atoms with Crippen molar-refractivity contribution >= 4 is 49.0 Å². The molecule has 102 valence electrons. The van der Waals surface area contributed by atoms with Crippen LogP contribution in [0.1, 0.15) is 17.2 Å². The third-order valence-corrected chi connectivity index (χ3v) is 5.49. The topological polar surface area (TPSA) is 26.0 Å². The van der Waals surface area contributed by atoms with Gasteiger partial charge in [-0.05, 0) is 44.4 Å². The van der Waals surface area contributed by atoms with Crippen molar-refractivity contribution in [2.45, 2.75) is 6.04 Å². The monoisotopic (exact) mass is 369 g/mol. The van der Waals surface area contributed by atoms with Crippen molar-refractivity contribution in [2.24, 2.45) is 5.73 Å². The summed E-state index contributed by atoms with van der Waals surface area (Å²) in [6, 6.07) is 10.8. The van der Waals surface area contributed by atoms with Crippen molar-refractivity contribution < 1.29 is 4.39 Å². The largest absolute Gasteiger partial charge is 0.320 e. The zero-order chi connectivity index (χ0) is 14.3. The standard InChI is InChI=1S/C15H10BrClFNS/c16-11-6-5-9(14(18)13(11)17)15(19)10-7-20-12-4-2-1-3-8(10)12/h1-7,15H,19H2. The first-order chi connectivity index (χ1) is 9.59. The van der Waals surface area contributed by atoms with Gasteiger partial charge in [0.25, 0.3) is 0 Å². The van der Waals surface area contributed by atoms with Gasteiger partial charge in [-0.1, -0.05) is 35.9 Å². The van der Waals surface area contributed by atoms with Gasteiger partial charge in [0, 0.05) is 14.7 Å². The third-order valence-electron chi connectivity index (χ3n) is 3.25. The van der Waals surface area contributed by atoms with Gasteiger partial charge in [-0.3, -0.25) is 0 Å². The minimum atomic E-state index is -0.531. The molecule has 0 aliphatic rings. The maximum Gasteiger partial charge on any atom is 0.148 e. The fourth-order valence-corrected chi connectivity index (χ4v) is 3.66. The van der Waals surface area contributed by atoms with E-state index in [0.717, 1.165) is 15.6 Å². The molecule has 2 aromatic carbocycles. The molecule has 0 spiro atoms. The summed E-state index contributed by atoms with van der Waals surface area (Å²) in [6.45, 7) is 0. The summed E-state index contributed by atoms with van der Waals surface area (Å²) in [4.78, 5) is 0. The van der Waals surface area contributed by atoms with Crippen molar-refractivity contribution in [1.29, 1.82) is 0 Å². The summed E-state index contributed by atoms with van der Waals surface area (Å²) in [5.74, 6) is -0.469. The predicted octanol–water partition coefficient (Wildman–Crippen LogP) is 5.50. The molecule has 1 heterocycles. The van der Waals surface area contributed by atoms with Crippen LogP contribution in [0.15, 0.2) is 46.3 Å². The molecule has 0 aliphatic heterocycles. The number of hydrogen-bond acceptors (Lipinski definition) is 2. The Morgan fingerprint density at radius 1 is 1.15 bits per heavy atom. The molecule has 3 rings (SSSR count). The lowest BCUT2D eigenvalue weighted by atomic mass is 9.98. The molecule has 0 aliphatic carbocycles. The third kappa shape index (κ3) is 2.27. The molecule has 1 unspecified atom stereocenters. The lowest BCUT2D eigenvalue weighted by molar-refractivity contribution is 0.600. The van der Waals surface area contributed by atoms with Crippen LogP contribution in [-0.4, -0.2) is 0 Å². The van der Waals surface area contributed by atoms with E-state index in [1.54, 1.807) is 23.5 Å². The summed E-state index contributed by atoms with van der Waals surface area (Å²) >= 11 is 10.7. The molecule has 0 bridgehead atoms. The lowest BCUT2D eigenvalue weighted by Crippen LogP contribution is -2.13. The Bertz CT molecular complexity index is 787. The van der Waals surface area contributed by atoms with Gasteiger partial charge >= 0.3 is 0 Å². The van der Waals surface area contributed by atoms with E-state index in [4.69, 9.17) is 17.3 Å². The molecule has 2 N–H and O–H groups in total. The van der Waals surface area contributed by atoms with E-state index in [2.05, 4.69) is 15.9 Å². The second-order valence-corrected chi connectivity index (χ2v) is 6.57. The molecule has 0 amide bonds. The van der Waals surface area contributed by atoms with Crippen LogP contribution in [0.4, 0.5) is 4.39 Å². The van der Waals surface area contributed by atoms with Gasteiger partial charge in [0.05, 0.1) is 11.1 Å². The number of halogens is 3. The zero-order valence-electron chi connectivity index (χ0n) is 10.2. The van der Waals surface area contributed by atoms with Crippen molar-refractivity contribution in [2.75, 3.05) is 0 Å². The van der Waals surface area contributed by atoms with Crippen LogP contribution in [0, 0.1) is 5.82 Å². The van der Waals surface area contributed by atoms with Crippen LogP contribution in [0.25, 0.3) is 10.1 Å². The maximum absolute atomic E-state index is 14.3. The number of fused-ring (bicyclic) bond motifs is 1. The number of rotatable bonds is 2. The molecule has 1 aromatic heterocycles. The molecule has 1 atom stereocenters. The summed E-state index contributed by atoms with van der Waals surface area (Å²) in [6.07, 6.45) is 0. The highest BCUT2D eigenvalue weighted by Crippen LogP contribution is 2.36. The first kappa shape index (κ1) is 14.0. The summed E-state index contributed by atoms with van der Waals surface area (Å²) in [5.41, 5.74) is 7.56. The first-order valence-corrected chi connectivity index (χ1v) is 7.99. The van der Waals surface area contributed by atoms with E-state index in [0.29, 0.717) is 10.0 Å². The fraction of sp³-hybridized carbons (Fsp3) is 0.0667. The van der Waals surface area contributed by atoms with E-state index >= 15 is 0 Å². The van der Waals surface area contributed by atoms with E-state index in [9.17, 15) is 4.39 Å². The predicted molar refractivity (Wildman–Crippen MR) is 87.0 cm³/mol. The van der Waals surface area contributed by atoms with Crippen LogP contribution in [0.2, 0.25) is 5.02 Å². The number of benzene rings is 2. The molecule has 0 saturated carbocycles. The Balaban J connectivity index is 2.13. The smallest absolute Gasteiger partial charge is 0.148 e. The van der Waals surface area contributed by atoms with Gasteiger partial charge in [-0.15, -0.1) is 11.3 Å². The molecule has 0 radical (unpaired) electrons. The van der Waals surface area contributed by atoms with Crippen molar-refractivity contribution in [3.63, 3.8) is 0 Å². The quantitative estimate of drug-likeness (QED) is 0.592. The van der Waals surface area contributed by atoms with Crippen molar-refractivity contribution in [3.05, 3.63) is 68.2 Å². The molecule has 5 heteroatoms. The number of nitrogens with two attached hydrogens (primary N) is 1. The highest BCUT2D eigenvalue weighted by molar-refractivity contribution is 9.10. The van der Waals surface area contributed by atoms with E-state index in [1.807, 2.05) is 29.6 Å². The van der Waals surface area contributed by atoms with Gasteiger partial charge < -0.3 is 5.73 Å². The Morgan fingerprint density at radius 3 is 2.70 bits per heavy atom. The van der Waals surface area contributed by atoms with Gasteiger partial charge in [0.15, 0.2) is 0 Å². The number of thiophene rings is 1. The normalized spacial score (nSPS) is 12.8. The van der Waals surface area contributed by atoms with Gasteiger partial charge in [-0.25, -0.2) is 4.39 Å². The van der Waals surface area contributed by atoms with Crippen LogP contribution < -0.4 is 5.73 Å². The van der Waals surface area contributed by atoms with Crippen molar-refractivity contribution in [1.82, 2.24) is 0 Å². The van der Waals surface area contributed by atoms with Gasteiger partial charge in [0.1, 0.15) is 5.82 Å². The minimum absolute atomic E-state index is 0.0671. The minimum Gasteiger partial charge on any atom is -0.320 e. The van der Waals surface area contributed by atoms with Crippen LogP contribution >= 0.6 is 38.9 Å². The highest BCUT2D eigenvalue weighted by Gasteiger charge is 2.19. The molecular formula is C15H10BrClFNS. The SMILES string of the molecule is NC(c1ccc(Br)c(Cl)c1F)c1csc2ccccc12. The summed E-state index contributed by atoms with van der Waals surface area (Å²) in [7, 11) is 0. The second-order valence-electron chi connectivity index (χ2n) is 4.43. The molecule has 0 fully saturated rings. The Hall–Kier alpha value is -0.940. The average Bonchev–Trinajstić information content (AvgIpc) is 2.88. The molecule has 1 nitrogen and oxygen atoms in total. The Morgan fingerprint density at radius 2 is 1.90 bits per heavy atom. The Labute approximate surface area is 133 Å². The van der Waals surface area contributed by atoms with E-state index < -0.39 is 11.9 Å². The van der Waals surface area contributed by atoms with E-state index in [1.165, 1.54) is 0 Å². The molecular weight excluding hydrogens is 361 g/mol. The fourth-order valence-electron chi connectivity index (χ4n) is 2.19.